The first-order chi connectivity index (χ1) is 9.06. The van der Waals surface area contributed by atoms with Crippen molar-refractivity contribution in [3.63, 3.8) is 0 Å². The molecule has 2 aromatic rings. The Morgan fingerprint density at radius 1 is 0.895 bits per heavy atom. The molecular weight excluding hydrogens is 323 g/mol. The molecule has 2 rings (SSSR count). The minimum Gasteiger partial charge on any atom is -0.332 e. The van der Waals surface area contributed by atoms with Gasteiger partial charge in [0.15, 0.2) is 5.11 Å². The van der Waals surface area contributed by atoms with Crippen LogP contribution in [0.25, 0.3) is 0 Å². The van der Waals surface area contributed by atoms with Gasteiger partial charge in [-0.05, 0) is 42.5 Å². The second-order valence-electron chi connectivity index (χ2n) is 3.69. The monoisotopic (exact) mass is 330 g/mol. The van der Waals surface area contributed by atoms with E-state index in [1.807, 2.05) is 12.1 Å². The van der Waals surface area contributed by atoms with Crippen LogP contribution in [0.1, 0.15) is 0 Å². The Morgan fingerprint density at radius 2 is 1.53 bits per heavy atom. The van der Waals surface area contributed by atoms with Gasteiger partial charge in [-0.1, -0.05) is 46.9 Å². The summed E-state index contributed by atoms with van der Waals surface area (Å²) in [6.07, 6.45) is 0. The summed E-state index contributed by atoms with van der Waals surface area (Å²) >= 11 is 23.2. The van der Waals surface area contributed by atoms with E-state index in [2.05, 4.69) is 10.6 Å². The number of nitrogens with one attached hydrogen (secondary N) is 2. The predicted molar refractivity (Wildman–Crippen MR) is 87.8 cm³/mol. The van der Waals surface area contributed by atoms with Crippen LogP contribution in [0.15, 0.2) is 42.5 Å². The van der Waals surface area contributed by atoms with Crippen molar-refractivity contribution in [2.75, 3.05) is 10.6 Å². The number of hydrogen-bond acceptors (Lipinski definition) is 1. The van der Waals surface area contributed by atoms with E-state index in [1.54, 1.807) is 30.3 Å². The zero-order chi connectivity index (χ0) is 13.8. The summed E-state index contributed by atoms with van der Waals surface area (Å²) in [5.41, 5.74) is 1.36. The molecule has 0 unspecified atom stereocenters. The van der Waals surface area contributed by atoms with Crippen LogP contribution in [0.5, 0.6) is 0 Å². The van der Waals surface area contributed by atoms with Crippen molar-refractivity contribution in [3.8, 4) is 0 Å². The van der Waals surface area contributed by atoms with Crippen molar-refractivity contribution in [1.29, 1.82) is 0 Å². The molecule has 0 fully saturated rings. The lowest BCUT2D eigenvalue weighted by molar-refractivity contribution is 1.59. The second-order valence-corrected chi connectivity index (χ2v) is 5.35. The van der Waals surface area contributed by atoms with Gasteiger partial charge in [0.2, 0.25) is 0 Å². The van der Waals surface area contributed by atoms with Crippen LogP contribution in [0.4, 0.5) is 11.4 Å². The normalized spacial score (nSPS) is 10.1. The molecule has 0 saturated heterocycles. The van der Waals surface area contributed by atoms with E-state index < -0.39 is 0 Å². The van der Waals surface area contributed by atoms with Crippen molar-refractivity contribution in [3.05, 3.63) is 57.5 Å². The highest BCUT2D eigenvalue weighted by atomic mass is 35.5. The number of halogens is 3. The maximum absolute atomic E-state index is 6.05. The standard InChI is InChI=1S/C13H9Cl3N2S/c14-8-3-1-4-9(7-8)17-13(19)18-12-10(15)5-2-6-11(12)16/h1-7H,(H2,17,18,19). The van der Waals surface area contributed by atoms with Gasteiger partial charge in [0.25, 0.3) is 0 Å². The maximum atomic E-state index is 6.05. The first kappa shape index (κ1) is 14.4. The average molecular weight is 332 g/mol. The minimum absolute atomic E-state index is 0.386. The van der Waals surface area contributed by atoms with Crippen molar-refractivity contribution in [1.82, 2.24) is 0 Å². The molecule has 6 heteroatoms. The summed E-state index contributed by atoms with van der Waals surface area (Å²) in [7, 11) is 0. The SMILES string of the molecule is S=C(Nc1cccc(Cl)c1)Nc1c(Cl)cccc1Cl. The van der Waals surface area contributed by atoms with Crippen LogP contribution < -0.4 is 10.6 Å². The van der Waals surface area contributed by atoms with Gasteiger partial charge in [-0.25, -0.2) is 0 Å². The first-order valence-electron chi connectivity index (χ1n) is 5.34. The summed E-state index contributed by atoms with van der Waals surface area (Å²) in [5, 5.41) is 7.98. The number of hydrogen-bond donors (Lipinski definition) is 2. The molecular formula is C13H9Cl3N2S. The van der Waals surface area contributed by atoms with Crippen LogP contribution in [0.2, 0.25) is 15.1 Å². The topological polar surface area (TPSA) is 24.1 Å². The molecule has 0 heterocycles. The number of thiocarbonyl (C=S) groups is 1. The molecule has 0 aliphatic heterocycles. The summed E-state index contributed by atoms with van der Waals surface area (Å²) < 4.78 is 0. The summed E-state index contributed by atoms with van der Waals surface area (Å²) in [6, 6.07) is 12.5. The fraction of sp³-hybridized carbons (Fsp3) is 0. The fourth-order valence-corrected chi connectivity index (χ4v) is 2.36. The van der Waals surface area contributed by atoms with Crippen LogP contribution in [0, 0.1) is 0 Å². The quantitative estimate of drug-likeness (QED) is 0.715. The molecule has 0 aliphatic carbocycles. The Morgan fingerprint density at radius 3 is 2.16 bits per heavy atom. The molecule has 2 N–H and O–H groups in total. The summed E-state index contributed by atoms with van der Waals surface area (Å²) in [5.74, 6) is 0. The highest BCUT2D eigenvalue weighted by Crippen LogP contribution is 2.29. The number of rotatable bonds is 2. The molecule has 0 saturated carbocycles. The van der Waals surface area contributed by atoms with Gasteiger partial charge in [-0.3, -0.25) is 0 Å². The molecule has 0 amide bonds. The third-order valence-corrected chi connectivity index (χ3v) is 3.35. The van der Waals surface area contributed by atoms with Gasteiger partial charge in [0, 0.05) is 10.7 Å². The molecule has 19 heavy (non-hydrogen) atoms. The van der Waals surface area contributed by atoms with Crippen molar-refractivity contribution in [2.45, 2.75) is 0 Å². The van der Waals surface area contributed by atoms with Crippen molar-refractivity contribution in [2.24, 2.45) is 0 Å². The summed E-state index contributed by atoms with van der Waals surface area (Å²) in [4.78, 5) is 0. The lowest BCUT2D eigenvalue weighted by atomic mass is 10.3. The van der Waals surface area contributed by atoms with Crippen LogP contribution in [-0.2, 0) is 0 Å². The lowest BCUT2D eigenvalue weighted by Crippen LogP contribution is -2.19. The van der Waals surface area contributed by atoms with Crippen molar-refractivity contribution >= 4 is 63.5 Å². The Kier molecular flexibility index (Phi) is 4.88. The highest BCUT2D eigenvalue weighted by Gasteiger charge is 2.07. The van der Waals surface area contributed by atoms with E-state index in [1.165, 1.54) is 0 Å². The van der Waals surface area contributed by atoms with E-state index in [0.717, 1.165) is 5.69 Å². The number of anilines is 2. The fourth-order valence-electron chi connectivity index (χ4n) is 1.46. The lowest BCUT2D eigenvalue weighted by Gasteiger charge is -2.13. The highest BCUT2D eigenvalue weighted by molar-refractivity contribution is 7.80. The zero-order valence-electron chi connectivity index (χ0n) is 9.58. The Labute approximate surface area is 131 Å². The van der Waals surface area contributed by atoms with Crippen LogP contribution >= 0.6 is 47.0 Å². The first-order valence-corrected chi connectivity index (χ1v) is 6.88. The Balaban J connectivity index is 2.10. The minimum atomic E-state index is 0.386. The molecule has 2 aromatic carbocycles. The molecule has 2 nitrogen and oxygen atoms in total. The van der Waals surface area contributed by atoms with Gasteiger partial charge in [0.05, 0.1) is 15.7 Å². The second kappa shape index (κ2) is 6.44. The van der Waals surface area contributed by atoms with Gasteiger partial charge < -0.3 is 10.6 Å². The van der Waals surface area contributed by atoms with E-state index in [4.69, 9.17) is 47.0 Å². The molecule has 0 bridgehead atoms. The number of para-hydroxylation sites is 1. The van der Waals surface area contributed by atoms with Crippen LogP contribution in [0.3, 0.4) is 0 Å². The Hall–Kier alpha value is -1.00. The smallest absolute Gasteiger partial charge is 0.175 e. The largest absolute Gasteiger partial charge is 0.332 e. The molecule has 0 atom stereocenters. The molecule has 0 aromatic heterocycles. The average Bonchev–Trinajstić information content (AvgIpc) is 2.34. The van der Waals surface area contributed by atoms with E-state index in [-0.39, 0.29) is 0 Å². The van der Waals surface area contributed by atoms with Gasteiger partial charge in [-0.15, -0.1) is 0 Å². The molecule has 0 spiro atoms. The molecule has 0 radical (unpaired) electrons. The Bertz CT molecular complexity index is 596. The number of benzene rings is 2. The van der Waals surface area contributed by atoms with E-state index in [9.17, 15) is 0 Å². The maximum Gasteiger partial charge on any atom is 0.175 e. The van der Waals surface area contributed by atoms with E-state index >= 15 is 0 Å². The van der Waals surface area contributed by atoms with Gasteiger partial charge in [0.1, 0.15) is 0 Å². The molecule has 0 aliphatic rings. The van der Waals surface area contributed by atoms with Crippen molar-refractivity contribution < 1.29 is 0 Å². The third-order valence-electron chi connectivity index (χ3n) is 2.28. The molecule has 98 valence electrons. The zero-order valence-corrected chi connectivity index (χ0v) is 12.7. The van der Waals surface area contributed by atoms with Crippen LogP contribution in [-0.4, -0.2) is 5.11 Å². The third kappa shape index (κ3) is 3.98. The van der Waals surface area contributed by atoms with E-state index in [0.29, 0.717) is 25.9 Å². The van der Waals surface area contributed by atoms with Gasteiger partial charge >= 0.3 is 0 Å². The predicted octanol–water partition coefficient (Wildman–Crippen LogP) is 5.46. The summed E-state index contributed by atoms with van der Waals surface area (Å²) in [6.45, 7) is 0. The van der Waals surface area contributed by atoms with Gasteiger partial charge in [-0.2, -0.15) is 0 Å².